The SMILES string of the molecule is Cc1ccc(S(=O)(=O)N(CC(=O)O)C(C)C(=O)O)cc1. The van der Waals surface area contributed by atoms with Gasteiger partial charge in [0.25, 0.3) is 0 Å². The highest BCUT2D eigenvalue weighted by Crippen LogP contribution is 2.18. The molecule has 0 fully saturated rings. The number of nitrogens with zero attached hydrogens (tertiary/aromatic N) is 1. The Hall–Kier alpha value is -1.93. The zero-order valence-electron chi connectivity index (χ0n) is 11.0. The Balaban J connectivity index is 3.26. The van der Waals surface area contributed by atoms with Crippen molar-refractivity contribution in [2.75, 3.05) is 6.54 Å². The van der Waals surface area contributed by atoms with Gasteiger partial charge in [0.1, 0.15) is 12.6 Å². The largest absolute Gasteiger partial charge is 0.480 e. The molecule has 1 atom stereocenters. The summed E-state index contributed by atoms with van der Waals surface area (Å²) in [4.78, 5) is 21.6. The zero-order chi connectivity index (χ0) is 15.5. The van der Waals surface area contributed by atoms with Gasteiger partial charge in [-0.2, -0.15) is 4.31 Å². The van der Waals surface area contributed by atoms with E-state index in [1.165, 1.54) is 12.1 Å². The van der Waals surface area contributed by atoms with E-state index >= 15 is 0 Å². The van der Waals surface area contributed by atoms with Crippen molar-refractivity contribution in [1.29, 1.82) is 0 Å². The molecule has 0 bridgehead atoms. The highest BCUT2D eigenvalue weighted by molar-refractivity contribution is 7.89. The van der Waals surface area contributed by atoms with Crippen LogP contribution in [0.3, 0.4) is 0 Å². The minimum Gasteiger partial charge on any atom is -0.480 e. The Morgan fingerprint density at radius 3 is 2.10 bits per heavy atom. The van der Waals surface area contributed by atoms with Crippen LogP contribution in [0, 0.1) is 6.92 Å². The van der Waals surface area contributed by atoms with Crippen molar-refractivity contribution in [3.8, 4) is 0 Å². The molecule has 0 aliphatic carbocycles. The Morgan fingerprint density at radius 2 is 1.70 bits per heavy atom. The Morgan fingerprint density at radius 1 is 1.20 bits per heavy atom. The molecule has 0 aromatic heterocycles. The summed E-state index contributed by atoms with van der Waals surface area (Å²) in [6.07, 6.45) is 0. The molecule has 1 unspecified atom stereocenters. The number of aliphatic carboxylic acids is 2. The molecule has 7 nitrogen and oxygen atoms in total. The third kappa shape index (κ3) is 3.55. The molecule has 1 rings (SSSR count). The maximum absolute atomic E-state index is 12.3. The molecule has 0 heterocycles. The van der Waals surface area contributed by atoms with Crippen molar-refractivity contribution in [2.45, 2.75) is 24.8 Å². The fourth-order valence-corrected chi connectivity index (χ4v) is 3.07. The lowest BCUT2D eigenvalue weighted by Crippen LogP contribution is -2.45. The smallest absolute Gasteiger partial charge is 0.321 e. The molecule has 0 amide bonds. The van der Waals surface area contributed by atoms with Gasteiger partial charge in [0, 0.05) is 0 Å². The summed E-state index contributed by atoms with van der Waals surface area (Å²) in [5, 5.41) is 17.7. The normalized spacial score (nSPS) is 13.2. The summed E-state index contributed by atoms with van der Waals surface area (Å²) in [6.45, 7) is 1.98. The molecule has 8 heteroatoms. The van der Waals surface area contributed by atoms with Gasteiger partial charge in [0.15, 0.2) is 0 Å². The summed E-state index contributed by atoms with van der Waals surface area (Å²) in [7, 11) is -4.19. The molecule has 0 saturated heterocycles. The van der Waals surface area contributed by atoms with E-state index < -0.39 is 34.5 Å². The van der Waals surface area contributed by atoms with Gasteiger partial charge in [0.2, 0.25) is 10.0 Å². The number of benzene rings is 1. The maximum atomic E-state index is 12.3. The van der Waals surface area contributed by atoms with Crippen molar-refractivity contribution in [1.82, 2.24) is 4.31 Å². The first kappa shape index (κ1) is 16.1. The molecule has 1 aromatic rings. The average molecular weight is 301 g/mol. The third-order valence-electron chi connectivity index (χ3n) is 2.71. The molecule has 0 aliphatic heterocycles. The van der Waals surface area contributed by atoms with Crippen LogP contribution >= 0.6 is 0 Å². The molecule has 0 aliphatic rings. The monoisotopic (exact) mass is 301 g/mol. The summed E-state index contributed by atoms with van der Waals surface area (Å²) < 4.78 is 25.1. The zero-order valence-corrected chi connectivity index (χ0v) is 11.8. The first-order valence-electron chi connectivity index (χ1n) is 5.69. The van der Waals surface area contributed by atoms with Crippen molar-refractivity contribution >= 4 is 22.0 Å². The van der Waals surface area contributed by atoms with E-state index in [-0.39, 0.29) is 4.90 Å². The van der Waals surface area contributed by atoms with Gasteiger partial charge in [-0.05, 0) is 26.0 Å². The van der Waals surface area contributed by atoms with E-state index in [9.17, 15) is 18.0 Å². The second kappa shape index (κ2) is 6.02. The van der Waals surface area contributed by atoms with E-state index in [4.69, 9.17) is 10.2 Å². The second-order valence-corrected chi connectivity index (χ2v) is 6.16. The summed E-state index contributed by atoms with van der Waals surface area (Å²) in [5.41, 5.74) is 0.833. The van der Waals surface area contributed by atoms with Gasteiger partial charge in [-0.3, -0.25) is 9.59 Å². The van der Waals surface area contributed by atoms with Gasteiger partial charge in [0.05, 0.1) is 4.90 Å². The van der Waals surface area contributed by atoms with E-state index in [0.29, 0.717) is 4.31 Å². The summed E-state index contributed by atoms with van der Waals surface area (Å²) in [6, 6.07) is 4.26. The second-order valence-electron chi connectivity index (χ2n) is 4.27. The number of carboxylic acid groups (broad SMARTS) is 2. The minimum atomic E-state index is -4.19. The predicted molar refractivity (Wildman–Crippen MR) is 69.8 cm³/mol. The fraction of sp³-hybridized carbons (Fsp3) is 0.333. The van der Waals surface area contributed by atoms with E-state index in [1.807, 2.05) is 0 Å². The molecule has 0 saturated carbocycles. The Kier molecular flexibility index (Phi) is 4.85. The predicted octanol–water partition coefficient (Wildman–Crippen LogP) is 0.543. The first-order chi connectivity index (χ1) is 9.16. The molecule has 20 heavy (non-hydrogen) atoms. The lowest BCUT2D eigenvalue weighted by Gasteiger charge is -2.24. The molecule has 0 radical (unpaired) electrons. The van der Waals surface area contributed by atoms with Crippen molar-refractivity contribution in [2.24, 2.45) is 0 Å². The molecule has 0 spiro atoms. The minimum absolute atomic E-state index is 0.141. The summed E-state index contributed by atoms with van der Waals surface area (Å²) in [5.74, 6) is -2.84. The van der Waals surface area contributed by atoms with Crippen LogP contribution in [-0.4, -0.2) is 47.5 Å². The van der Waals surface area contributed by atoms with Crippen LogP contribution in [0.5, 0.6) is 0 Å². The number of hydrogen-bond donors (Lipinski definition) is 2. The number of hydrogen-bond acceptors (Lipinski definition) is 4. The highest BCUT2D eigenvalue weighted by atomic mass is 32.2. The Labute approximate surface area is 116 Å². The molecule has 1 aromatic carbocycles. The van der Waals surface area contributed by atoms with Crippen LogP contribution in [0.2, 0.25) is 0 Å². The van der Waals surface area contributed by atoms with Crippen LogP contribution in [-0.2, 0) is 19.6 Å². The molecular formula is C12H15NO6S. The third-order valence-corrected chi connectivity index (χ3v) is 4.64. The average Bonchev–Trinajstić information content (AvgIpc) is 2.35. The number of carbonyl (C=O) groups is 2. The fourth-order valence-electron chi connectivity index (χ4n) is 1.53. The lowest BCUT2D eigenvalue weighted by molar-refractivity contribution is -0.142. The maximum Gasteiger partial charge on any atom is 0.321 e. The van der Waals surface area contributed by atoms with E-state index in [2.05, 4.69) is 0 Å². The van der Waals surface area contributed by atoms with Crippen molar-refractivity contribution in [3.63, 3.8) is 0 Å². The molecule has 110 valence electrons. The molecular weight excluding hydrogens is 286 g/mol. The number of sulfonamides is 1. The van der Waals surface area contributed by atoms with E-state index in [1.54, 1.807) is 19.1 Å². The van der Waals surface area contributed by atoms with Crippen molar-refractivity contribution < 1.29 is 28.2 Å². The molecule has 2 N–H and O–H groups in total. The first-order valence-corrected chi connectivity index (χ1v) is 7.13. The quantitative estimate of drug-likeness (QED) is 0.793. The van der Waals surface area contributed by atoms with Crippen LogP contribution in [0.25, 0.3) is 0 Å². The summed E-state index contributed by atoms with van der Waals surface area (Å²) >= 11 is 0. The van der Waals surface area contributed by atoms with E-state index in [0.717, 1.165) is 12.5 Å². The highest BCUT2D eigenvalue weighted by Gasteiger charge is 2.34. The lowest BCUT2D eigenvalue weighted by atomic mass is 10.2. The number of aryl methyl sites for hydroxylation is 1. The van der Waals surface area contributed by atoms with Crippen LogP contribution in [0.15, 0.2) is 29.2 Å². The standard InChI is InChI=1S/C12H15NO6S/c1-8-3-5-10(6-4-8)20(18,19)13(7-11(14)15)9(2)12(16)17/h3-6,9H,7H2,1-2H3,(H,14,15)(H,16,17). The van der Waals surface area contributed by atoms with Gasteiger partial charge < -0.3 is 10.2 Å². The van der Waals surface area contributed by atoms with Gasteiger partial charge in [-0.25, -0.2) is 8.42 Å². The van der Waals surface area contributed by atoms with Gasteiger partial charge in [-0.15, -0.1) is 0 Å². The number of carboxylic acids is 2. The number of rotatable bonds is 6. The van der Waals surface area contributed by atoms with Crippen molar-refractivity contribution in [3.05, 3.63) is 29.8 Å². The Bertz CT molecular complexity index is 607. The van der Waals surface area contributed by atoms with Crippen LogP contribution in [0.4, 0.5) is 0 Å². The van der Waals surface area contributed by atoms with Crippen LogP contribution in [0.1, 0.15) is 12.5 Å². The van der Waals surface area contributed by atoms with Gasteiger partial charge in [-0.1, -0.05) is 17.7 Å². The van der Waals surface area contributed by atoms with Gasteiger partial charge >= 0.3 is 11.9 Å². The topological polar surface area (TPSA) is 112 Å². The van der Waals surface area contributed by atoms with Crippen LogP contribution < -0.4 is 0 Å².